The SMILES string of the molecule is CC(=O)c1ccc(N2CC[NH+](Cc3cc(Br)cs3)CC2)cc1. The Morgan fingerprint density at radius 1 is 1.27 bits per heavy atom. The summed E-state index contributed by atoms with van der Waals surface area (Å²) in [6.45, 7) is 7.18. The van der Waals surface area contributed by atoms with Crippen molar-refractivity contribution in [3.8, 4) is 0 Å². The van der Waals surface area contributed by atoms with Crippen LogP contribution in [0.5, 0.6) is 0 Å². The quantitative estimate of drug-likeness (QED) is 0.825. The summed E-state index contributed by atoms with van der Waals surface area (Å²) in [7, 11) is 0. The lowest BCUT2D eigenvalue weighted by molar-refractivity contribution is -0.914. The van der Waals surface area contributed by atoms with Crippen LogP contribution in [0.15, 0.2) is 40.2 Å². The summed E-state index contributed by atoms with van der Waals surface area (Å²) in [5.41, 5.74) is 2.01. The molecule has 3 nitrogen and oxygen atoms in total. The molecule has 3 rings (SSSR count). The van der Waals surface area contributed by atoms with E-state index in [2.05, 4.69) is 44.4 Å². The largest absolute Gasteiger partial charge is 0.360 e. The van der Waals surface area contributed by atoms with Gasteiger partial charge in [0.2, 0.25) is 0 Å². The van der Waals surface area contributed by atoms with Gasteiger partial charge in [0.15, 0.2) is 5.78 Å². The molecule has 1 aromatic heterocycles. The smallest absolute Gasteiger partial charge is 0.159 e. The molecule has 0 atom stereocenters. The van der Waals surface area contributed by atoms with E-state index in [-0.39, 0.29) is 5.78 Å². The van der Waals surface area contributed by atoms with Crippen molar-refractivity contribution < 1.29 is 9.69 Å². The number of nitrogens with zero attached hydrogens (tertiary/aromatic N) is 1. The average Bonchev–Trinajstić information content (AvgIpc) is 2.93. The maximum absolute atomic E-state index is 11.3. The minimum absolute atomic E-state index is 0.128. The van der Waals surface area contributed by atoms with Crippen molar-refractivity contribution in [1.29, 1.82) is 0 Å². The van der Waals surface area contributed by atoms with Gasteiger partial charge in [0.1, 0.15) is 6.54 Å². The minimum Gasteiger partial charge on any atom is -0.360 e. The Balaban J connectivity index is 1.56. The number of nitrogens with one attached hydrogen (secondary N) is 1. The summed E-state index contributed by atoms with van der Waals surface area (Å²) in [5.74, 6) is 0.128. The third kappa shape index (κ3) is 3.77. The fraction of sp³-hybridized carbons (Fsp3) is 0.353. The summed E-state index contributed by atoms with van der Waals surface area (Å²) in [4.78, 5) is 16.8. The van der Waals surface area contributed by atoms with Gasteiger partial charge in [-0.15, -0.1) is 11.3 Å². The Morgan fingerprint density at radius 3 is 2.50 bits per heavy atom. The number of thiophene rings is 1. The molecular formula is C17H20BrN2OS+. The van der Waals surface area contributed by atoms with Gasteiger partial charge >= 0.3 is 0 Å². The third-order valence-corrected chi connectivity index (χ3v) is 5.85. The Kier molecular flexibility index (Phi) is 4.96. The van der Waals surface area contributed by atoms with Crippen LogP contribution in [0.3, 0.4) is 0 Å². The predicted octanol–water partition coefficient (Wildman–Crippen LogP) is 2.62. The van der Waals surface area contributed by atoms with Crippen molar-refractivity contribution in [2.75, 3.05) is 31.1 Å². The molecule has 2 aromatic rings. The lowest BCUT2D eigenvalue weighted by atomic mass is 10.1. The van der Waals surface area contributed by atoms with E-state index < -0.39 is 0 Å². The summed E-state index contributed by atoms with van der Waals surface area (Å²) < 4.78 is 1.19. The number of benzene rings is 1. The van der Waals surface area contributed by atoms with Gasteiger partial charge in [0, 0.05) is 21.1 Å². The van der Waals surface area contributed by atoms with Crippen LogP contribution in [0.25, 0.3) is 0 Å². The predicted molar refractivity (Wildman–Crippen MR) is 95.1 cm³/mol. The van der Waals surface area contributed by atoms with Crippen LogP contribution in [-0.2, 0) is 6.54 Å². The Labute approximate surface area is 143 Å². The van der Waals surface area contributed by atoms with Crippen LogP contribution in [0.1, 0.15) is 22.2 Å². The summed E-state index contributed by atoms with van der Waals surface area (Å²) in [6, 6.07) is 10.2. The number of carbonyl (C=O) groups excluding carboxylic acids is 1. The fourth-order valence-corrected chi connectivity index (χ4v) is 4.38. The van der Waals surface area contributed by atoms with Crippen molar-refractivity contribution >= 4 is 38.7 Å². The van der Waals surface area contributed by atoms with Crippen molar-refractivity contribution in [2.45, 2.75) is 13.5 Å². The molecule has 22 heavy (non-hydrogen) atoms. The maximum atomic E-state index is 11.3. The van der Waals surface area contributed by atoms with Gasteiger partial charge in [-0.3, -0.25) is 4.79 Å². The molecule has 1 aliphatic rings. The molecule has 1 aromatic carbocycles. The zero-order valence-electron chi connectivity index (χ0n) is 12.6. The molecule has 1 N–H and O–H groups in total. The standard InChI is InChI=1S/C17H19BrN2OS/c1-13(21)14-2-4-16(5-3-14)20-8-6-19(7-9-20)11-17-10-15(18)12-22-17/h2-5,10,12H,6-9,11H2,1H3/p+1. The molecular weight excluding hydrogens is 360 g/mol. The van der Waals surface area contributed by atoms with Crippen molar-refractivity contribution in [2.24, 2.45) is 0 Å². The third-order valence-electron chi connectivity index (χ3n) is 4.16. The van der Waals surface area contributed by atoms with Gasteiger partial charge in [-0.1, -0.05) is 0 Å². The highest BCUT2D eigenvalue weighted by Gasteiger charge is 2.20. The molecule has 116 valence electrons. The Bertz CT molecular complexity index is 645. The number of ketones is 1. The second-order valence-corrected chi connectivity index (χ2v) is 7.66. The second-order valence-electron chi connectivity index (χ2n) is 5.75. The number of hydrogen-bond donors (Lipinski definition) is 1. The lowest BCUT2D eigenvalue weighted by Gasteiger charge is -2.33. The maximum Gasteiger partial charge on any atom is 0.159 e. The first-order chi connectivity index (χ1) is 10.6. The first-order valence-corrected chi connectivity index (χ1v) is 9.21. The molecule has 1 aliphatic heterocycles. The van der Waals surface area contributed by atoms with Crippen molar-refractivity contribution in [1.82, 2.24) is 0 Å². The first kappa shape index (κ1) is 15.7. The van der Waals surface area contributed by atoms with Crippen LogP contribution in [-0.4, -0.2) is 32.0 Å². The van der Waals surface area contributed by atoms with Gasteiger partial charge in [0.25, 0.3) is 0 Å². The molecule has 2 heterocycles. The normalized spacial score (nSPS) is 16.0. The van der Waals surface area contributed by atoms with Crippen molar-refractivity contribution in [3.63, 3.8) is 0 Å². The van der Waals surface area contributed by atoms with Gasteiger partial charge in [-0.2, -0.15) is 0 Å². The van der Waals surface area contributed by atoms with E-state index in [1.807, 2.05) is 23.5 Å². The Morgan fingerprint density at radius 2 is 1.95 bits per heavy atom. The number of carbonyl (C=O) groups is 1. The van der Waals surface area contributed by atoms with E-state index in [4.69, 9.17) is 0 Å². The lowest BCUT2D eigenvalue weighted by Crippen LogP contribution is -3.13. The molecule has 0 bridgehead atoms. The van der Waals surface area contributed by atoms with Gasteiger partial charge in [-0.05, 0) is 53.2 Å². The number of hydrogen-bond acceptors (Lipinski definition) is 3. The number of piperazine rings is 1. The van der Waals surface area contributed by atoms with E-state index in [9.17, 15) is 4.79 Å². The molecule has 5 heteroatoms. The summed E-state index contributed by atoms with van der Waals surface area (Å²) in [6.07, 6.45) is 0. The van der Waals surface area contributed by atoms with E-state index in [0.29, 0.717) is 0 Å². The van der Waals surface area contributed by atoms with Crippen LogP contribution in [0.4, 0.5) is 5.69 Å². The first-order valence-electron chi connectivity index (χ1n) is 7.54. The van der Waals surface area contributed by atoms with Gasteiger partial charge in [-0.25, -0.2) is 0 Å². The van der Waals surface area contributed by atoms with Crippen LogP contribution < -0.4 is 9.80 Å². The molecule has 0 aliphatic carbocycles. The highest BCUT2D eigenvalue weighted by molar-refractivity contribution is 9.10. The molecule has 1 fully saturated rings. The zero-order chi connectivity index (χ0) is 15.5. The molecule has 0 amide bonds. The second kappa shape index (κ2) is 6.94. The number of rotatable bonds is 4. The number of anilines is 1. The van der Waals surface area contributed by atoms with Gasteiger partial charge < -0.3 is 9.80 Å². The number of Topliss-reactive ketones (excluding diaryl/α,β-unsaturated/α-hetero) is 1. The molecule has 1 saturated heterocycles. The van der Waals surface area contributed by atoms with Gasteiger partial charge in [0.05, 0.1) is 31.1 Å². The van der Waals surface area contributed by atoms with E-state index in [0.717, 1.165) is 38.3 Å². The summed E-state index contributed by atoms with van der Waals surface area (Å²) >= 11 is 5.35. The molecule has 0 unspecified atom stereocenters. The highest BCUT2D eigenvalue weighted by atomic mass is 79.9. The van der Waals surface area contributed by atoms with Crippen LogP contribution >= 0.6 is 27.3 Å². The van der Waals surface area contributed by atoms with E-state index in [1.54, 1.807) is 11.8 Å². The van der Waals surface area contributed by atoms with Crippen LogP contribution in [0.2, 0.25) is 0 Å². The number of quaternary nitrogens is 1. The monoisotopic (exact) mass is 379 g/mol. The van der Waals surface area contributed by atoms with Crippen molar-refractivity contribution in [3.05, 3.63) is 50.6 Å². The molecule has 0 saturated carbocycles. The topological polar surface area (TPSA) is 24.8 Å². The highest BCUT2D eigenvalue weighted by Crippen LogP contribution is 2.19. The summed E-state index contributed by atoms with van der Waals surface area (Å²) in [5, 5.41) is 2.15. The van der Waals surface area contributed by atoms with E-state index in [1.165, 1.54) is 15.0 Å². The Hall–Kier alpha value is -1.17. The van der Waals surface area contributed by atoms with Crippen LogP contribution in [0, 0.1) is 0 Å². The zero-order valence-corrected chi connectivity index (χ0v) is 15.0. The average molecular weight is 380 g/mol. The molecule has 0 spiro atoms. The molecule has 0 radical (unpaired) electrons. The van der Waals surface area contributed by atoms with E-state index >= 15 is 0 Å². The fourth-order valence-electron chi connectivity index (χ4n) is 2.86. The minimum atomic E-state index is 0.128. The number of halogens is 1.